The summed E-state index contributed by atoms with van der Waals surface area (Å²) in [5.74, 6) is 2.18. The second-order valence-corrected chi connectivity index (χ2v) is 6.34. The van der Waals surface area contributed by atoms with Crippen LogP contribution in [0.4, 0.5) is 0 Å². The highest BCUT2D eigenvalue weighted by Gasteiger charge is 2.23. The highest BCUT2D eigenvalue weighted by atomic mass is 35.5. The first-order chi connectivity index (χ1) is 9.24. The zero-order valence-corrected chi connectivity index (χ0v) is 12.4. The van der Waals surface area contributed by atoms with Crippen molar-refractivity contribution in [3.63, 3.8) is 0 Å². The maximum Gasteiger partial charge on any atom is 0.138 e. The summed E-state index contributed by atoms with van der Waals surface area (Å²) in [7, 11) is 0. The van der Waals surface area contributed by atoms with Crippen molar-refractivity contribution in [3.8, 4) is 5.75 Å². The Morgan fingerprint density at radius 1 is 1.16 bits per heavy atom. The van der Waals surface area contributed by atoms with Gasteiger partial charge in [0.15, 0.2) is 0 Å². The Morgan fingerprint density at radius 2 is 2.00 bits per heavy atom. The maximum absolute atomic E-state index is 6.10. The molecule has 0 aliphatic carbocycles. The van der Waals surface area contributed by atoms with E-state index in [1.165, 1.54) is 10.5 Å². The minimum Gasteiger partial charge on any atom is -0.491 e. The fourth-order valence-corrected chi connectivity index (χ4v) is 3.85. The normalized spacial score (nSPS) is 17.3. The molecule has 0 saturated carbocycles. The van der Waals surface area contributed by atoms with E-state index in [0.29, 0.717) is 28.3 Å². The van der Waals surface area contributed by atoms with Crippen LogP contribution in [-0.2, 0) is 0 Å². The first-order valence-corrected chi connectivity index (χ1v) is 7.78. The molecule has 0 saturated heterocycles. The summed E-state index contributed by atoms with van der Waals surface area (Å²) in [6.07, 6.45) is 0. The van der Waals surface area contributed by atoms with E-state index in [1.54, 1.807) is 12.1 Å². The molecule has 98 valence electrons. The van der Waals surface area contributed by atoms with Crippen LogP contribution >= 0.6 is 35.0 Å². The number of halogens is 2. The minimum atomic E-state index is 0.424. The number of rotatable bonds is 3. The Morgan fingerprint density at radius 3 is 2.84 bits per heavy atom. The van der Waals surface area contributed by atoms with Crippen molar-refractivity contribution in [2.45, 2.75) is 10.8 Å². The lowest BCUT2D eigenvalue weighted by molar-refractivity contribution is 0.298. The van der Waals surface area contributed by atoms with Gasteiger partial charge < -0.3 is 4.74 Å². The van der Waals surface area contributed by atoms with Crippen LogP contribution in [0.2, 0.25) is 10.0 Å². The summed E-state index contributed by atoms with van der Waals surface area (Å²) >= 11 is 13.9. The number of hydrogen-bond acceptors (Lipinski definition) is 2. The first kappa shape index (κ1) is 13.2. The van der Waals surface area contributed by atoms with Gasteiger partial charge in [0.2, 0.25) is 0 Å². The van der Waals surface area contributed by atoms with Crippen molar-refractivity contribution in [3.05, 3.63) is 58.1 Å². The monoisotopic (exact) mass is 310 g/mol. The number of ether oxygens (including phenoxy) is 1. The van der Waals surface area contributed by atoms with Crippen molar-refractivity contribution in [1.29, 1.82) is 0 Å². The molecule has 1 aliphatic heterocycles. The van der Waals surface area contributed by atoms with Crippen LogP contribution in [-0.4, -0.2) is 12.4 Å². The number of fused-ring (bicyclic) bond motifs is 1. The van der Waals surface area contributed by atoms with Gasteiger partial charge in [-0.3, -0.25) is 0 Å². The Labute approximate surface area is 126 Å². The van der Waals surface area contributed by atoms with Gasteiger partial charge in [0.1, 0.15) is 5.75 Å². The Hall–Kier alpha value is -0.830. The SMILES string of the molecule is Clc1ccc(OCC2CSc3ccccc32)c(Cl)c1. The third-order valence-electron chi connectivity index (χ3n) is 3.13. The van der Waals surface area contributed by atoms with Crippen molar-refractivity contribution < 1.29 is 4.74 Å². The second kappa shape index (κ2) is 5.66. The lowest BCUT2D eigenvalue weighted by Crippen LogP contribution is -2.09. The van der Waals surface area contributed by atoms with Crippen LogP contribution in [0.15, 0.2) is 47.4 Å². The summed E-state index contributed by atoms with van der Waals surface area (Å²) in [5, 5.41) is 1.19. The van der Waals surface area contributed by atoms with E-state index >= 15 is 0 Å². The molecule has 2 aromatic rings. The van der Waals surface area contributed by atoms with Crippen molar-refractivity contribution in [2.24, 2.45) is 0 Å². The van der Waals surface area contributed by atoms with Crippen molar-refractivity contribution in [2.75, 3.05) is 12.4 Å². The van der Waals surface area contributed by atoms with E-state index in [2.05, 4.69) is 24.3 Å². The van der Waals surface area contributed by atoms with Gasteiger partial charge in [-0.05, 0) is 29.8 Å². The van der Waals surface area contributed by atoms with Crippen LogP contribution < -0.4 is 4.74 Å². The standard InChI is InChI=1S/C15H12Cl2OS/c16-11-5-6-14(13(17)7-11)18-8-10-9-19-15-4-2-1-3-12(10)15/h1-7,10H,8-9H2. The molecule has 0 aromatic heterocycles. The molecule has 3 rings (SSSR count). The van der Waals surface area contributed by atoms with E-state index in [-0.39, 0.29) is 0 Å². The van der Waals surface area contributed by atoms with Gasteiger partial charge in [-0.25, -0.2) is 0 Å². The zero-order valence-electron chi connectivity index (χ0n) is 10.1. The lowest BCUT2D eigenvalue weighted by atomic mass is 10.0. The van der Waals surface area contributed by atoms with Crippen molar-refractivity contribution in [1.82, 2.24) is 0 Å². The highest BCUT2D eigenvalue weighted by molar-refractivity contribution is 7.99. The molecule has 1 atom stereocenters. The van der Waals surface area contributed by atoms with Gasteiger partial charge in [0, 0.05) is 21.6 Å². The molecule has 0 fully saturated rings. The Bertz CT molecular complexity index is 600. The third kappa shape index (κ3) is 2.86. The molecule has 4 heteroatoms. The first-order valence-electron chi connectivity index (χ1n) is 6.03. The fourth-order valence-electron chi connectivity index (χ4n) is 2.15. The summed E-state index contributed by atoms with van der Waals surface area (Å²) in [6, 6.07) is 13.8. The molecule has 0 bridgehead atoms. The number of thioether (sulfide) groups is 1. The van der Waals surface area contributed by atoms with Crippen molar-refractivity contribution >= 4 is 35.0 Å². The molecule has 1 unspecified atom stereocenters. The minimum absolute atomic E-state index is 0.424. The van der Waals surface area contributed by atoms with E-state index < -0.39 is 0 Å². The average molecular weight is 311 g/mol. The smallest absolute Gasteiger partial charge is 0.138 e. The van der Waals surface area contributed by atoms with Gasteiger partial charge in [-0.15, -0.1) is 11.8 Å². The summed E-state index contributed by atoms with van der Waals surface area (Å²) < 4.78 is 5.83. The lowest BCUT2D eigenvalue weighted by Gasteiger charge is -2.13. The van der Waals surface area contributed by atoms with E-state index in [4.69, 9.17) is 27.9 Å². The van der Waals surface area contributed by atoms with E-state index in [0.717, 1.165) is 5.75 Å². The van der Waals surface area contributed by atoms with Gasteiger partial charge in [-0.1, -0.05) is 41.4 Å². The van der Waals surface area contributed by atoms with E-state index in [9.17, 15) is 0 Å². The van der Waals surface area contributed by atoms with Crippen LogP contribution in [0.5, 0.6) is 5.75 Å². The van der Waals surface area contributed by atoms with Crippen LogP contribution in [0, 0.1) is 0 Å². The molecule has 1 heterocycles. The molecular formula is C15H12Cl2OS. The summed E-state index contributed by atoms with van der Waals surface area (Å²) in [6.45, 7) is 0.644. The quantitative estimate of drug-likeness (QED) is 0.764. The fraction of sp³-hybridized carbons (Fsp3) is 0.200. The van der Waals surface area contributed by atoms with Crippen LogP contribution in [0.3, 0.4) is 0 Å². The molecule has 1 nitrogen and oxygen atoms in total. The molecule has 0 radical (unpaired) electrons. The summed E-state index contributed by atoms with van der Waals surface area (Å²) in [5.41, 5.74) is 1.37. The zero-order chi connectivity index (χ0) is 13.2. The predicted molar refractivity (Wildman–Crippen MR) is 81.9 cm³/mol. The van der Waals surface area contributed by atoms with E-state index in [1.807, 2.05) is 17.8 Å². The summed E-state index contributed by atoms with van der Waals surface area (Å²) in [4.78, 5) is 1.36. The van der Waals surface area contributed by atoms with Crippen LogP contribution in [0.25, 0.3) is 0 Å². The number of benzene rings is 2. The predicted octanol–water partition coefficient (Wildman–Crippen LogP) is 5.26. The maximum atomic E-state index is 6.10. The third-order valence-corrected chi connectivity index (χ3v) is 4.92. The van der Waals surface area contributed by atoms with Gasteiger partial charge in [0.05, 0.1) is 11.6 Å². The molecule has 0 N–H and O–H groups in total. The molecule has 0 amide bonds. The van der Waals surface area contributed by atoms with Gasteiger partial charge in [0.25, 0.3) is 0 Å². The average Bonchev–Trinajstić information content (AvgIpc) is 2.81. The molecule has 2 aromatic carbocycles. The molecular weight excluding hydrogens is 299 g/mol. The molecule has 1 aliphatic rings. The topological polar surface area (TPSA) is 9.23 Å². The second-order valence-electron chi connectivity index (χ2n) is 4.43. The molecule has 0 spiro atoms. The van der Waals surface area contributed by atoms with Gasteiger partial charge >= 0.3 is 0 Å². The molecule has 19 heavy (non-hydrogen) atoms. The van der Waals surface area contributed by atoms with Gasteiger partial charge in [-0.2, -0.15) is 0 Å². The number of hydrogen-bond donors (Lipinski definition) is 0. The Kier molecular flexibility index (Phi) is 3.92. The largest absolute Gasteiger partial charge is 0.491 e. The Balaban J connectivity index is 1.71. The highest BCUT2D eigenvalue weighted by Crippen LogP contribution is 2.39. The van der Waals surface area contributed by atoms with Crippen LogP contribution in [0.1, 0.15) is 11.5 Å².